The van der Waals surface area contributed by atoms with E-state index in [1.165, 1.54) is 6.33 Å². The fourth-order valence-corrected chi connectivity index (χ4v) is 2.78. The van der Waals surface area contributed by atoms with Gasteiger partial charge in [0.1, 0.15) is 30.0 Å². The first-order valence-corrected chi connectivity index (χ1v) is 7.94. The van der Waals surface area contributed by atoms with Gasteiger partial charge in [-0.25, -0.2) is 15.0 Å². The molecule has 2 heterocycles. The van der Waals surface area contributed by atoms with Gasteiger partial charge in [-0.3, -0.25) is 0 Å². The lowest BCUT2D eigenvalue weighted by Crippen LogP contribution is -2.20. The number of H-pyrrole nitrogens is 1. The molecule has 0 bridgehead atoms. The molecule has 0 aliphatic rings. The van der Waals surface area contributed by atoms with Crippen LogP contribution >= 0.6 is 0 Å². The molecule has 0 aliphatic heterocycles. The van der Waals surface area contributed by atoms with E-state index in [-0.39, 0.29) is 6.61 Å². The maximum absolute atomic E-state index is 10.3. The first-order valence-electron chi connectivity index (χ1n) is 7.94. The van der Waals surface area contributed by atoms with Gasteiger partial charge in [0.15, 0.2) is 11.5 Å². The van der Waals surface area contributed by atoms with E-state index >= 15 is 0 Å². The van der Waals surface area contributed by atoms with E-state index in [1.54, 1.807) is 0 Å². The van der Waals surface area contributed by atoms with Crippen LogP contribution in [0.25, 0.3) is 21.9 Å². The predicted octanol–water partition coefficient (Wildman–Crippen LogP) is 2.07. The van der Waals surface area contributed by atoms with Crippen molar-refractivity contribution in [2.24, 2.45) is 0 Å². The third kappa shape index (κ3) is 3.09. The van der Waals surface area contributed by atoms with Crippen molar-refractivity contribution in [2.75, 3.05) is 12.3 Å². The third-order valence-electron chi connectivity index (χ3n) is 3.98. The number of benzene rings is 2. The Kier molecular flexibility index (Phi) is 3.91. The summed E-state index contributed by atoms with van der Waals surface area (Å²) in [6.45, 7) is 0.159. The number of rotatable bonds is 5. The smallest absolute Gasteiger partial charge is 0.183 e. The second kappa shape index (κ2) is 6.37. The first-order chi connectivity index (χ1) is 12.2. The first kappa shape index (κ1) is 15.3. The molecular formula is C18H17N5O2. The van der Waals surface area contributed by atoms with Gasteiger partial charge in [0, 0.05) is 11.8 Å². The number of nitrogens with one attached hydrogen (secondary N) is 1. The summed E-state index contributed by atoms with van der Waals surface area (Å²) >= 11 is 0. The van der Waals surface area contributed by atoms with Crippen molar-refractivity contribution in [3.05, 3.63) is 54.6 Å². The van der Waals surface area contributed by atoms with Gasteiger partial charge in [-0.2, -0.15) is 0 Å². The Labute approximate surface area is 143 Å². The molecule has 0 spiro atoms. The number of nitrogens with two attached hydrogens (primary N) is 1. The summed E-state index contributed by atoms with van der Waals surface area (Å²) in [6.07, 6.45) is 0.955. The van der Waals surface area contributed by atoms with Gasteiger partial charge in [0.05, 0.1) is 6.10 Å². The molecule has 4 aromatic rings. The average Bonchev–Trinajstić information content (AvgIpc) is 3.04. The molecule has 0 aliphatic carbocycles. The topological polar surface area (TPSA) is 110 Å². The van der Waals surface area contributed by atoms with E-state index in [9.17, 15) is 5.11 Å². The van der Waals surface area contributed by atoms with Crippen molar-refractivity contribution in [1.29, 1.82) is 0 Å². The van der Waals surface area contributed by atoms with E-state index in [2.05, 4.69) is 19.9 Å². The van der Waals surface area contributed by atoms with Crippen LogP contribution in [-0.2, 0) is 6.42 Å². The highest BCUT2D eigenvalue weighted by molar-refractivity contribution is 5.88. The van der Waals surface area contributed by atoms with Crippen molar-refractivity contribution >= 4 is 27.8 Å². The molecule has 0 radical (unpaired) electrons. The summed E-state index contributed by atoms with van der Waals surface area (Å²) in [5, 5.41) is 12.4. The van der Waals surface area contributed by atoms with Gasteiger partial charge in [-0.15, -0.1) is 0 Å². The molecule has 0 fully saturated rings. The van der Waals surface area contributed by atoms with Gasteiger partial charge >= 0.3 is 0 Å². The van der Waals surface area contributed by atoms with Gasteiger partial charge in [0.25, 0.3) is 0 Å². The van der Waals surface area contributed by atoms with E-state index in [0.717, 1.165) is 16.5 Å². The molecule has 126 valence electrons. The fourth-order valence-electron chi connectivity index (χ4n) is 2.78. The van der Waals surface area contributed by atoms with Gasteiger partial charge < -0.3 is 20.6 Å². The lowest BCUT2D eigenvalue weighted by molar-refractivity contribution is 0.107. The summed E-state index contributed by atoms with van der Waals surface area (Å²) < 4.78 is 5.81. The van der Waals surface area contributed by atoms with Crippen LogP contribution in [0.3, 0.4) is 0 Å². The number of imidazole rings is 1. The van der Waals surface area contributed by atoms with E-state index in [1.807, 2.05) is 42.5 Å². The number of nitrogen functional groups attached to an aromatic ring is 1. The van der Waals surface area contributed by atoms with Crippen LogP contribution in [0.2, 0.25) is 0 Å². The molecule has 7 heteroatoms. The Bertz CT molecular complexity index is 1030. The highest BCUT2D eigenvalue weighted by atomic mass is 16.5. The molecule has 2 aromatic heterocycles. The van der Waals surface area contributed by atoms with Crippen LogP contribution in [0, 0.1) is 0 Å². The SMILES string of the molecule is Nc1ncnc2nc(CC(O)COc3cccc4ccccc34)[nH]c12. The zero-order chi connectivity index (χ0) is 17.2. The molecule has 1 unspecified atom stereocenters. The monoisotopic (exact) mass is 335 g/mol. The molecule has 2 aromatic carbocycles. The quantitative estimate of drug-likeness (QED) is 0.515. The Morgan fingerprint density at radius 3 is 2.84 bits per heavy atom. The number of aromatic nitrogens is 4. The minimum absolute atomic E-state index is 0.159. The lowest BCUT2D eigenvalue weighted by atomic mass is 10.1. The highest BCUT2D eigenvalue weighted by Gasteiger charge is 2.13. The van der Waals surface area contributed by atoms with E-state index in [4.69, 9.17) is 10.5 Å². The molecular weight excluding hydrogens is 318 g/mol. The lowest BCUT2D eigenvalue weighted by Gasteiger charge is -2.13. The summed E-state index contributed by atoms with van der Waals surface area (Å²) in [5.74, 6) is 1.68. The van der Waals surface area contributed by atoms with Crippen LogP contribution in [-0.4, -0.2) is 37.8 Å². The van der Waals surface area contributed by atoms with Gasteiger partial charge in [0.2, 0.25) is 0 Å². The van der Waals surface area contributed by atoms with Crippen LogP contribution in [0.1, 0.15) is 5.82 Å². The minimum atomic E-state index is -0.714. The molecule has 4 rings (SSSR count). The fraction of sp³-hybridized carbons (Fsp3) is 0.167. The summed E-state index contributed by atoms with van der Waals surface area (Å²) in [7, 11) is 0. The average molecular weight is 335 g/mol. The van der Waals surface area contributed by atoms with Crippen molar-refractivity contribution in [3.63, 3.8) is 0 Å². The number of aliphatic hydroxyl groups is 1. The van der Waals surface area contributed by atoms with Crippen LogP contribution in [0.5, 0.6) is 5.75 Å². The number of hydrogen-bond donors (Lipinski definition) is 3. The van der Waals surface area contributed by atoms with Crippen molar-refractivity contribution in [1.82, 2.24) is 19.9 Å². The molecule has 25 heavy (non-hydrogen) atoms. The van der Waals surface area contributed by atoms with Crippen molar-refractivity contribution in [3.8, 4) is 5.75 Å². The predicted molar refractivity (Wildman–Crippen MR) is 95.2 cm³/mol. The molecule has 4 N–H and O–H groups in total. The van der Waals surface area contributed by atoms with Crippen molar-refractivity contribution < 1.29 is 9.84 Å². The molecule has 0 saturated carbocycles. The maximum Gasteiger partial charge on any atom is 0.183 e. The number of ether oxygens (including phenoxy) is 1. The highest BCUT2D eigenvalue weighted by Crippen LogP contribution is 2.25. The number of anilines is 1. The summed E-state index contributed by atoms with van der Waals surface area (Å²) in [6, 6.07) is 13.8. The molecule has 7 nitrogen and oxygen atoms in total. The van der Waals surface area contributed by atoms with Gasteiger partial charge in [-0.1, -0.05) is 36.4 Å². The number of nitrogens with zero attached hydrogens (tertiary/aromatic N) is 3. The largest absolute Gasteiger partial charge is 0.490 e. The maximum atomic E-state index is 10.3. The summed E-state index contributed by atoms with van der Waals surface area (Å²) in [5.41, 5.74) is 6.85. The molecule has 1 atom stereocenters. The number of aliphatic hydroxyl groups excluding tert-OH is 1. The second-order valence-electron chi connectivity index (χ2n) is 5.79. The van der Waals surface area contributed by atoms with Crippen molar-refractivity contribution in [2.45, 2.75) is 12.5 Å². The van der Waals surface area contributed by atoms with E-state index in [0.29, 0.717) is 29.2 Å². The second-order valence-corrected chi connectivity index (χ2v) is 5.79. The van der Waals surface area contributed by atoms with Gasteiger partial charge in [-0.05, 0) is 11.5 Å². The standard InChI is InChI=1S/C18H17N5O2/c19-17-16-18(21-10-20-17)23-15(22-16)8-12(24)9-25-14-7-3-5-11-4-1-2-6-13(11)14/h1-7,10,12,24H,8-9H2,(H3,19,20,21,22,23). The third-order valence-corrected chi connectivity index (χ3v) is 3.98. The van der Waals surface area contributed by atoms with E-state index < -0.39 is 6.10 Å². The number of aromatic amines is 1. The Balaban J connectivity index is 1.46. The minimum Gasteiger partial charge on any atom is -0.490 e. The number of fused-ring (bicyclic) bond motifs is 2. The normalized spacial score (nSPS) is 12.5. The Morgan fingerprint density at radius 1 is 1.12 bits per heavy atom. The zero-order valence-corrected chi connectivity index (χ0v) is 13.4. The van der Waals surface area contributed by atoms with Crippen LogP contribution < -0.4 is 10.5 Å². The molecule has 0 saturated heterocycles. The number of hydrogen-bond acceptors (Lipinski definition) is 6. The van der Waals surface area contributed by atoms with Crippen LogP contribution in [0.4, 0.5) is 5.82 Å². The van der Waals surface area contributed by atoms with Crippen LogP contribution in [0.15, 0.2) is 48.8 Å². The summed E-state index contributed by atoms with van der Waals surface area (Å²) in [4.78, 5) is 15.3. The Morgan fingerprint density at radius 2 is 1.96 bits per heavy atom. The molecule has 0 amide bonds. The Hall–Kier alpha value is -3.19. The zero-order valence-electron chi connectivity index (χ0n) is 13.4.